The second-order valence-corrected chi connectivity index (χ2v) is 4.39. The van der Waals surface area contributed by atoms with Crippen LogP contribution in [0.1, 0.15) is 38.5 Å². The number of aliphatic hydroxyl groups is 2. The average molecular weight is 170 g/mol. The summed E-state index contributed by atoms with van der Waals surface area (Å²) in [5.74, 6) is 1.11. The summed E-state index contributed by atoms with van der Waals surface area (Å²) in [6.45, 7) is 0. The van der Waals surface area contributed by atoms with E-state index in [1.165, 1.54) is 12.8 Å². The third-order valence-corrected chi connectivity index (χ3v) is 3.59. The molecule has 0 aromatic heterocycles. The lowest BCUT2D eigenvalue weighted by atomic mass is 9.69. The molecule has 0 aromatic carbocycles. The second kappa shape index (κ2) is 3.35. The minimum atomic E-state index is -0.140. The third-order valence-electron chi connectivity index (χ3n) is 3.59. The van der Waals surface area contributed by atoms with E-state index in [2.05, 4.69) is 0 Å². The predicted octanol–water partition coefficient (Wildman–Crippen LogP) is 1.31. The summed E-state index contributed by atoms with van der Waals surface area (Å²) in [6, 6.07) is 0. The topological polar surface area (TPSA) is 40.5 Å². The van der Waals surface area contributed by atoms with Crippen LogP contribution in [0.15, 0.2) is 0 Å². The maximum Gasteiger partial charge on any atom is 0.0572 e. The molecule has 2 aliphatic rings. The summed E-state index contributed by atoms with van der Waals surface area (Å²) in [5.41, 5.74) is 0. The normalized spacial score (nSPS) is 48.5. The van der Waals surface area contributed by atoms with Crippen LogP contribution in [0.2, 0.25) is 0 Å². The molecule has 0 amide bonds. The molecule has 12 heavy (non-hydrogen) atoms. The fourth-order valence-corrected chi connectivity index (χ4v) is 2.88. The smallest absolute Gasteiger partial charge is 0.0572 e. The van der Waals surface area contributed by atoms with Crippen molar-refractivity contribution in [3.8, 4) is 0 Å². The number of fused-ring (bicyclic) bond motifs is 1. The Bertz CT molecular complexity index is 158. The highest BCUT2D eigenvalue weighted by atomic mass is 16.3. The van der Waals surface area contributed by atoms with Gasteiger partial charge in [0.1, 0.15) is 0 Å². The molecule has 4 atom stereocenters. The zero-order valence-corrected chi connectivity index (χ0v) is 7.45. The van der Waals surface area contributed by atoms with E-state index in [4.69, 9.17) is 0 Å². The van der Waals surface area contributed by atoms with E-state index in [1.807, 2.05) is 0 Å². The van der Waals surface area contributed by atoms with Crippen molar-refractivity contribution >= 4 is 0 Å². The molecule has 2 rings (SSSR count). The van der Waals surface area contributed by atoms with E-state index in [0.29, 0.717) is 11.8 Å². The Morgan fingerprint density at radius 3 is 2.58 bits per heavy atom. The summed E-state index contributed by atoms with van der Waals surface area (Å²) < 4.78 is 0. The van der Waals surface area contributed by atoms with Gasteiger partial charge < -0.3 is 10.2 Å². The van der Waals surface area contributed by atoms with Gasteiger partial charge >= 0.3 is 0 Å². The molecular formula is C10H18O2. The van der Waals surface area contributed by atoms with Gasteiger partial charge in [0, 0.05) is 0 Å². The van der Waals surface area contributed by atoms with E-state index >= 15 is 0 Å². The summed E-state index contributed by atoms with van der Waals surface area (Å²) >= 11 is 0. The lowest BCUT2D eigenvalue weighted by molar-refractivity contribution is -0.0301. The van der Waals surface area contributed by atoms with Crippen LogP contribution in [-0.2, 0) is 0 Å². The Labute approximate surface area is 73.6 Å². The van der Waals surface area contributed by atoms with Gasteiger partial charge in [0.05, 0.1) is 12.2 Å². The van der Waals surface area contributed by atoms with Crippen LogP contribution in [0.3, 0.4) is 0 Å². The fourth-order valence-electron chi connectivity index (χ4n) is 2.88. The molecule has 2 aliphatic carbocycles. The Morgan fingerprint density at radius 2 is 1.75 bits per heavy atom. The first-order valence-corrected chi connectivity index (χ1v) is 5.13. The summed E-state index contributed by atoms with van der Waals surface area (Å²) in [4.78, 5) is 0. The fraction of sp³-hybridized carbons (Fsp3) is 1.00. The van der Waals surface area contributed by atoms with Crippen LogP contribution in [0.25, 0.3) is 0 Å². The van der Waals surface area contributed by atoms with Gasteiger partial charge in [-0.05, 0) is 43.9 Å². The van der Waals surface area contributed by atoms with Gasteiger partial charge in [-0.15, -0.1) is 0 Å². The maximum absolute atomic E-state index is 9.71. The monoisotopic (exact) mass is 170 g/mol. The molecule has 0 aliphatic heterocycles. The highest BCUT2D eigenvalue weighted by Crippen LogP contribution is 2.40. The standard InChI is InChI=1S/C10H18O2/c11-8-5-4-7-2-1-3-10(12)9(7)6-8/h7-12H,1-6H2/t7-,8-,9-,10+/m0/s1. The van der Waals surface area contributed by atoms with Gasteiger partial charge in [-0.3, -0.25) is 0 Å². The molecule has 70 valence electrons. The molecule has 0 heterocycles. The Kier molecular flexibility index (Phi) is 2.37. The van der Waals surface area contributed by atoms with E-state index in [9.17, 15) is 10.2 Å². The molecule has 2 heteroatoms. The van der Waals surface area contributed by atoms with Crippen LogP contribution >= 0.6 is 0 Å². The summed E-state index contributed by atoms with van der Waals surface area (Å²) in [5, 5.41) is 19.2. The zero-order chi connectivity index (χ0) is 8.55. The SMILES string of the molecule is O[C@H]1CC[C@@H]2CCC[C@@H](O)[C@H]2C1. The van der Waals surface area contributed by atoms with E-state index in [1.54, 1.807) is 0 Å². The molecule has 2 nitrogen and oxygen atoms in total. The number of hydrogen-bond donors (Lipinski definition) is 2. The van der Waals surface area contributed by atoms with Crippen molar-refractivity contribution in [1.29, 1.82) is 0 Å². The molecule has 0 unspecified atom stereocenters. The molecule has 2 fully saturated rings. The van der Waals surface area contributed by atoms with Crippen molar-refractivity contribution in [2.24, 2.45) is 11.8 Å². The number of aliphatic hydroxyl groups excluding tert-OH is 2. The minimum Gasteiger partial charge on any atom is -0.393 e. The van der Waals surface area contributed by atoms with E-state index in [0.717, 1.165) is 25.7 Å². The molecule has 0 spiro atoms. The first-order valence-electron chi connectivity index (χ1n) is 5.13. The Morgan fingerprint density at radius 1 is 0.917 bits per heavy atom. The molecule has 0 radical (unpaired) electrons. The van der Waals surface area contributed by atoms with Gasteiger partial charge in [0.15, 0.2) is 0 Å². The lowest BCUT2D eigenvalue weighted by Crippen LogP contribution is -2.38. The van der Waals surface area contributed by atoms with Crippen LogP contribution in [0, 0.1) is 11.8 Å². The van der Waals surface area contributed by atoms with Crippen molar-refractivity contribution in [1.82, 2.24) is 0 Å². The average Bonchev–Trinajstić information content (AvgIpc) is 2.07. The number of hydrogen-bond acceptors (Lipinski definition) is 2. The zero-order valence-electron chi connectivity index (χ0n) is 7.45. The van der Waals surface area contributed by atoms with Crippen LogP contribution in [-0.4, -0.2) is 22.4 Å². The highest BCUT2D eigenvalue weighted by Gasteiger charge is 2.36. The largest absolute Gasteiger partial charge is 0.393 e. The minimum absolute atomic E-state index is 0.126. The van der Waals surface area contributed by atoms with Gasteiger partial charge in [0.25, 0.3) is 0 Å². The van der Waals surface area contributed by atoms with Crippen molar-refractivity contribution < 1.29 is 10.2 Å². The highest BCUT2D eigenvalue weighted by molar-refractivity contribution is 4.87. The van der Waals surface area contributed by atoms with Crippen LogP contribution in [0.4, 0.5) is 0 Å². The molecule has 0 bridgehead atoms. The van der Waals surface area contributed by atoms with Crippen molar-refractivity contribution in [2.75, 3.05) is 0 Å². The second-order valence-electron chi connectivity index (χ2n) is 4.39. The van der Waals surface area contributed by atoms with Gasteiger partial charge in [-0.1, -0.05) is 6.42 Å². The first-order chi connectivity index (χ1) is 5.77. The van der Waals surface area contributed by atoms with E-state index < -0.39 is 0 Å². The Balaban J connectivity index is 2.00. The molecule has 0 aromatic rings. The summed E-state index contributed by atoms with van der Waals surface area (Å²) in [6.07, 6.45) is 6.06. The maximum atomic E-state index is 9.71. The molecule has 2 N–H and O–H groups in total. The lowest BCUT2D eigenvalue weighted by Gasteiger charge is -2.40. The quantitative estimate of drug-likeness (QED) is 0.575. The molecular weight excluding hydrogens is 152 g/mol. The van der Waals surface area contributed by atoms with E-state index in [-0.39, 0.29) is 12.2 Å². The summed E-state index contributed by atoms with van der Waals surface area (Å²) in [7, 11) is 0. The third kappa shape index (κ3) is 1.50. The Hall–Kier alpha value is -0.0800. The van der Waals surface area contributed by atoms with Crippen molar-refractivity contribution in [2.45, 2.75) is 50.7 Å². The number of rotatable bonds is 0. The van der Waals surface area contributed by atoms with Gasteiger partial charge in [0.2, 0.25) is 0 Å². The van der Waals surface area contributed by atoms with Crippen molar-refractivity contribution in [3.63, 3.8) is 0 Å². The van der Waals surface area contributed by atoms with Gasteiger partial charge in [-0.25, -0.2) is 0 Å². The van der Waals surface area contributed by atoms with Crippen LogP contribution in [0.5, 0.6) is 0 Å². The van der Waals surface area contributed by atoms with Crippen molar-refractivity contribution in [3.05, 3.63) is 0 Å². The van der Waals surface area contributed by atoms with Gasteiger partial charge in [-0.2, -0.15) is 0 Å². The first kappa shape index (κ1) is 8.52. The predicted molar refractivity (Wildman–Crippen MR) is 46.7 cm³/mol. The molecule has 0 saturated heterocycles. The molecule has 2 saturated carbocycles. The van der Waals surface area contributed by atoms with Crippen LogP contribution < -0.4 is 0 Å².